The van der Waals surface area contributed by atoms with Crippen LogP contribution in [0.25, 0.3) is 0 Å². The minimum absolute atomic E-state index is 1.01. The fourth-order valence-electron chi connectivity index (χ4n) is 1.93. The van der Waals surface area contributed by atoms with Crippen molar-refractivity contribution in [2.45, 2.75) is 20.8 Å². The van der Waals surface area contributed by atoms with Gasteiger partial charge in [0.05, 0.1) is 11.9 Å². The lowest BCUT2D eigenvalue weighted by Gasteiger charge is -2.15. The molecule has 0 saturated carbocycles. The second kappa shape index (κ2) is 4.88. The van der Waals surface area contributed by atoms with E-state index >= 15 is 0 Å². The van der Waals surface area contributed by atoms with Crippen molar-refractivity contribution in [2.75, 3.05) is 5.32 Å². The molecule has 0 aliphatic rings. The van der Waals surface area contributed by atoms with Gasteiger partial charge in [-0.2, -0.15) is 0 Å². The van der Waals surface area contributed by atoms with Crippen molar-refractivity contribution in [2.24, 2.45) is 0 Å². The Morgan fingerprint density at radius 2 is 1.94 bits per heavy atom. The van der Waals surface area contributed by atoms with Crippen LogP contribution in [0.5, 0.6) is 0 Å². The molecule has 1 N–H and O–H groups in total. The number of aromatic nitrogens is 1. The summed E-state index contributed by atoms with van der Waals surface area (Å²) >= 11 is 3.62. The molecule has 1 aromatic heterocycles. The van der Waals surface area contributed by atoms with Gasteiger partial charge < -0.3 is 5.32 Å². The Morgan fingerprint density at radius 1 is 1.18 bits per heavy atom. The van der Waals surface area contributed by atoms with Gasteiger partial charge in [-0.05, 0) is 49.6 Å². The average Bonchev–Trinajstić information content (AvgIpc) is 2.33. The highest BCUT2D eigenvalue weighted by Crippen LogP contribution is 2.32. The number of pyridine rings is 1. The van der Waals surface area contributed by atoms with Gasteiger partial charge in [0, 0.05) is 16.4 Å². The van der Waals surface area contributed by atoms with Crippen LogP contribution in [0.4, 0.5) is 11.4 Å². The number of hydrogen-bond donors (Lipinski definition) is 1. The van der Waals surface area contributed by atoms with E-state index in [4.69, 9.17) is 0 Å². The monoisotopic (exact) mass is 290 g/mol. The van der Waals surface area contributed by atoms with Gasteiger partial charge in [0.1, 0.15) is 0 Å². The van der Waals surface area contributed by atoms with Crippen molar-refractivity contribution >= 4 is 27.3 Å². The van der Waals surface area contributed by atoms with Crippen LogP contribution in [0.1, 0.15) is 16.7 Å². The molecule has 0 saturated heterocycles. The van der Waals surface area contributed by atoms with Gasteiger partial charge in [-0.15, -0.1) is 0 Å². The van der Waals surface area contributed by atoms with Crippen molar-refractivity contribution in [1.82, 2.24) is 4.98 Å². The summed E-state index contributed by atoms with van der Waals surface area (Å²) in [6.45, 7) is 6.34. The molecule has 0 unspecified atom stereocenters. The van der Waals surface area contributed by atoms with E-state index in [-0.39, 0.29) is 0 Å². The molecule has 2 nitrogen and oxygen atoms in total. The summed E-state index contributed by atoms with van der Waals surface area (Å²) < 4.78 is 1.16. The third-order valence-corrected chi connectivity index (χ3v) is 4.03. The quantitative estimate of drug-likeness (QED) is 0.880. The lowest BCUT2D eigenvalue weighted by molar-refractivity contribution is 1.27. The smallest absolute Gasteiger partial charge is 0.0570 e. The normalized spacial score (nSPS) is 10.4. The fraction of sp³-hybridized carbons (Fsp3) is 0.214. The number of rotatable bonds is 2. The number of hydrogen-bond acceptors (Lipinski definition) is 2. The van der Waals surface area contributed by atoms with Crippen LogP contribution in [0.2, 0.25) is 0 Å². The third-order valence-electron chi connectivity index (χ3n) is 2.81. The number of halogens is 1. The SMILES string of the molecule is Cc1cc(C)c(Nc2cccnc2)c(C)c1Br. The minimum Gasteiger partial charge on any atom is -0.354 e. The summed E-state index contributed by atoms with van der Waals surface area (Å²) in [6, 6.07) is 6.12. The zero-order valence-electron chi connectivity index (χ0n) is 10.2. The van der Waals surface area contributed by atoms with E-state index in [9.17, 15) is 0 Å². The lowest BCUT2D eigenvalue weighted by atomic mass is 10.0. The minimum atomic E-state index is 1.01. The highest BCUT2D eigenvalue weighted by molar-refractivity contribution is 9.10. The maximum absolute atomic E-state index is 4.11. The molecule has 1 heterocycles. The molecular weight excluding hydrogens is 276 g/mol. The van der Waals surface area contributed by atoms with Crippen molar-refractivity contribution in [3.05, 3.63) is 51.8 Å². The van der Waals surface area contributed by atoms with Crippen molar-refractivity contribution in [3.8, 4) is 0 Å². The maximum atomic E-state index is 4.11. The highest BCUT2D eigenvalue weighted by atomic mass is 79.9. The summed E-state index contributed by atoms with van der Waals surface area (Å²) in [4.78, 5) is 4.11. The van der Waals surface area contributed by atoms with E-state index in [1.165, 1.54) is 16.7 Å². The highest BCUT2D eigenvalue weighted by Gasteiger charge is 2.09. The molecule has 2 aromatic rings. The van der Waals surface area contributed by atoms with Crippen molar-refractivity contribution in [1.29, 1.82) is 0 Å². The molecule has 0 spiro atoms. The van der Waals surface area contributed by atoms with Crippen LogP contribution in [0.15, 0.2) is 35.1 Å². The number of nitrogens with zero attached hydrogens (tertiary/aromatic N) is 1. The molecule has 17 heavy (non-hydrogen) atoms. The predicted molar refractivity (Wildman–Crippen MR) is 75.9 cm³/mol. The van der Waals surface area contributed by atoms with Gasteiger partial charge in [-0.3, -0.25) is 4.98 Å². The molecule has 2 rings (SSSR count). The summed E-state index contributed by atoms with van der Waals surface area (Å²) in [5, 5.41) is 3.42. The number of nitrogens with one attached hydrogen (secondary N) is 1. The first-order chi connectivity index (χ1) is 8.09. The Bertz CT molecular complexity index is 536. The Morgan fingerprint density at radius 3 is 2.59 bits per heavy atom. The Labute approximate surface area is 110 Å². The van der Waals surface area contributed by atoms with Gasteiger partial charge in [0.25, 0.3) is 0 Å². The van der Waals surface area contributed by atoms with Crippen LogP contribution in [0.3, 0.4) is 0 Å². The molecular formula is C14H15BrN2. The van der Waals surface area contributed by atoms with E-state index in [1.807, 2.05) is 18.3 Å². The zero-order chi connectivity index (χ0) is 12.4. The van der Waals surface area contributed by atoms with Crippen LogP contribution in [-0.2, 0) is 0 Å². The summed E-state index contributed by atoms with van der Waals surface area (Å²) in [6.07, 6.45) is 3.60. The van der Waals surface area contributed by atoms with Gasteiger partial charge in [-0.1, -0.05) is 22.0 Å². The topological polar surface area (TPSA) is 24.9 Å². The zero-order valence-corrected chi connectivity index (χ0v) is 11.8. The van der Waals surface area contributed by atoms with Gasteiger partial charge in [0.15, 0.2) is 0 Å². The molecule has 0 fully saturated rings. The largest absolute Gasteiger partial charge is 0.354 e. The number of aryl methyl sites for hydroxylation is 2. The summed E-state index contributed by atoms with van der Waals surface area (Å²) in [7, 11) is 0. The van der Waals surface area contributed by atoms with Gasteiger partial charge in [-0.25, -0.2) is 0 Å². The van der Waals surface area contributed by atoms with Gasteiger partial charge >= 0.3 is 0 Å². The van der Waals surface area contributed by atoms with E-state index in [0.717, 1.165) is 15.8 Å². The molecule has 0 aliphatic heterocycles. The summed E-state index contributed by atoms with van der Waals surface area (Å²) in [5.41, 5.74) is 5.89. The first-order valence-corrected chi connectivity index (χ1v) is 6.32. The van der Waals surface area contributed by atoms with E-state index in [2.05, 4.69) is 53.1 Å². The lowest BCUT2D eigenvalue weighted by Crippen LogP contribution is -1.98. The molecule has 0 amide bonds. The van der Waals surface area contributed by atoms with Crippen molar-refractivity contribution < 1.29 is 0 Å². The Hall–Kier alpha value is -1.35. The average molecular weight is 291 g/mol. The first kappa shape index (κ1) is 12.1. The second-order valence-corrected chi connectivity index (χ2v) is 4.98. The molecule has 0 radical (unpaired) electrons. The Balaban J connectivity index is 2.43. The van der Waals surface area contributed by atoms with Gasteiger partial charge in [0.2, 0.25) is 0 Å². The molecule has 88 valence electrons. The maximum Gasteiger partial charge on any atom is 0.0570 e. The predicted octanol–water partition coefficient (Wildman–Crippen LogP) is 4.51. The van der Waals surface area contributed by atoms with Crippen LogP contribution < -0.4 is 5.32 Å². The van der Waals surface area contributed by atoms with E-state index < -0.39 is 0 Å². The molecule has 1 aromatic carbocycles. The standard InChI is InChI=1S/C14H15BrN2/c1-9-7-10(2)14(11(3)13(9)15)17-12-5-4-6-16-8-12/h4-8,17H,1-3H3. The third kappa shape index (κ3) is 2.50. The molecule has 0 bridgehead atoms. The summed E-state index contributed by atoms with van der Waals surface area (Å²) in [5.74, 6) is 0. The number of anilines is 2. The Kier molecular flexibility index (Phi) is 3.48. The van der Waals surface area contributed by atoms with Crippen LogP contribution in [0, 0.1) is 20.8 Å². The van der Waals surface area contributed by atoms with E-state index in [1.54, 1.807) is 6.20 Å². The van der Waals surface area contributed by atoms with Crippen LogP contribution in [-0.4, -0.2) is 4.98 Å². The molecule has 3 heteroatoms. The second-order valence-electron chi connectivity index (χ2n) is 4.19. The first-order valence-electron chi connectivity index (χ1n) is 5.53. The van der Waals surface area contributed by atoms with Crippen LogP contribution >= 0.6 is 15.9 Å². The number of benzene rings is 1. The van der Waals surface area contributed by atoms with Crippen molar-refractivity contribution in [3.63, 3.8) is 0 Å². The molecule has 0 atom stereocenters. The molecule has 0 aliphatic carbocycles. The van der Waals surface area contributed by atoms with E-state index in [0.29, 0.717) is 0 Å². The fourth-order valence-corrected chi connectivity index (χ4v) is 2.25.